The number of amides is 2. The molecule has 56 heavy (non-hydrogen) atoms. The first-order valence-electron chi connectivity index (χ1n) is 19.3. The Hall–Kier alpha value is -5.92. The van der Waals surface area contributed by atoms with Crippen LogP contribution in [-0.4, -0.2) is 114 Å². The average molecular weight is 750 g/mol. The minimum atomic E-state index is -0.371. The zero-order valence-electron chi connectivity index (χ0n) is 32.3. The molecule has 13 nitrogen and oxygen atoms in total. The fraction of sp³-hybridized carbons (Fsp3) is 0.349. The summed E-state index contributed by atoms with van der Waals surface area (Å²) < 4.78 is 0. The van der Waals surface area contributed by atoms with Crippen LogP contribution < -0.4 is 0 Å². The third-order valence-corrected chi connectivity index (χ3v) is 11.0. The monoisotopic (exact) mass is 749 g/mol. The van der Waals surface area contributed by atoms with Crippen molar-refractivity contribution >= 4 is 23.1 Å². The second-order valence-electron chi connectivity index (χ2n) is 15.1. The molecule has 6 heterocycles. The van der Waals surface area contributed by atoms with Crippen molar-refractivity contribution in [2.24, 2.45) is 4.99 Å². The summed E-state index contributed by atoms with van der Waals surface area (Å²) in [6.07, 6.45) is 14.7. The van der Waals surface area contributed by atoms with Gasteiger partial charge in [-0.15, -0.1) is 0 Å². The molecule has 0 aliphatic carbocycles. The number of imidazole rings is 1. The standard InChI is InChI=1S/C43H47N11O2/c1-51(2)39(28-13-7-5-8-14-28)42(55)53-19-11-17-37(53)31-21-30(22-44-31)32-23-46-33(24-45-32)34-25-48-35(26-47-34)36-27-49-41(50-36)38-18-12-20-54(38)43(56)40(52(3)4)29-15-9-6-10-16-29/h5-10,13-16,22-27,37-40H,11-12,17-21H2,1-4H3,(H,49,50)/t37-,38-,39+,40+/m0/s1. The fourth-order valence-electron chi connectivity index (χ4n) is 8.27. The van der Waals surface area contributed by atoms with Crippen molar-refractivity contribution in [3.05, 3.63) is 120 Å². The van der Waals surface area contributed by atoms with Crippen molar-refractivity contribution < 1.29 is 9.59 Å². The second-order valence-corrected chi connectivity index (χ2v) is 15.1. The minimum absolute atomic E-state index is 0.0379. The van der Waals surface area contributed by atoms with Crippen LogP contribution in [0.2, 0.25) is 0 Å². The number of carbonyl (C=O) groups excluding carboxylic acids is 2. The van der Waals surface area contributed by atoms with Crippen LogP contribution in [0.5, 0.6) is 0 Å². The molecule has 286 valence electrons. The lowest BCUT2D eigenvalue weighted by molar-refractivity contribution is -0.137. The van der Waals surface area contributed by atoms with Crippen molar-refractivity contribution in [1.82, 2.24) is 49.5 Å². The highest BCUT2D eigenvalue weighted by molar-refractivity contribution is 6.03. The van der Waals surface area contributed by atoms with Crippen LogP contribution in [0.3, 0.4) is 0 Å². The maximum absolute atomic E-state index is 13.9. The number of nitrogens with zero attached hydrogens (tertiary/aromatic N) is 10. The van der Waals surface area contributed by atoms with Gasteiger partial charge >= 0.3 is 0 Å². The number of likely N-dealkylation sites (tertiary alicyclic amines) is 2. The molecule has 0 spiro atoms. The smallest absolute Gasteiger partial charge is 0.245 e. The number of aliphatic imine (C=N–C) groups is 1. The molecule has 8 rings (SSSR count). The van der Waals surface area contributed by atoms with Crippen LogP contribution in [0.4, 0.5) is 0 Å². The molecule has 4 atom stereocenters. The number of benzene rings is 2. The summed E-state index contributed by atoms with van der Waals surface area (Å²) in [5.74, 6) is 0.919. The lowest BCUT2D eigenvalue weighted by Gasteiger charge is -2.32. The largest absolute Gasteiger partial charge is 0.339 e. The zero-order valence-corrected chi connectivity index (χ0v) is 32.3. The molecule has 0 radical (unpaired) electrons. The maximum Gasteiger partial charge on any atom is 0.245 e. The zero-order chi connectivity index (χ0) is 38.8. The average Bonchev–Trinajstić information content (AvgIpc) is 4.06. The SMILES string of the molecule is CN(C)[C@@H](C(=O)N1CCC[C@H]1C1=NC=C(c2cnc(-c3cnc(-c4cnc([C@@H]5CCCN5C(=O)[C@@H](c5ccccc5)N(C)C)[nH]4)cn3)cn2)C1)c1ccccc1. The van der Waals surface area contributed by atoms with Crippen LogP contribution in [0.15, 0.2) is 103 Å². The van der Waals surface area contributed by atoms with E-state index in [1.54, 1.807) is 31.0 Å². The summed E-state index contributed by atoms with van der Waals surface area (Å²) in [6.45, 7) is 1.40. The fourth-order valence-corrected chi connectivity index (χ4v) is 8.27. The van der Waals surface area contributed by atoms with E-state index in [1.807, 2.05) is 115 Å². The topological polar surface area (TPSA) is 140 Å². The van der Waals surface area contributed by atoms with Crippen LogP contribution in [0, 0.1) is 0 Å². The molecule has 3 aliphatic rings. The Bertz CT molecular complexity index is 2220. The van der Waals surface area contributed by atoms with Gasteiger partial charge in [-0.1, -0.05) is 60.7 Å². The van der Waals surface area contributed by atoms with E-state index < -0.39 is 0 Å². The normalized spacial score (nSPS) is 19.4. The first-order valence-corrected chi connectivity index (χ1v) is 19.3. The van der Waals surface area contributed by atoms with E-state index in [-0.39, 0.29) is 36.0 Å². The van der Waals surface area contributed by atoms with Crippen LogP contribution >= 0.6 is 0 Å². The third-order valence-electron chi connectivity index (χ3n) is 11.0. The predicted molar refractivity (Wildman–Crippen MR) is 215 cm³/mol. The molecule has 13 heteroatoms. The van der Waals surface area contributed by atoms with E-state index in [0.717, 1.165) is 71.9 Å². The second kappa shape index (κ2) is 16.0. The summed E-state index contributed by atoms with van der Waals surface area (Å²) in [6, 6.07) is 19.0. The highest BCUT2D eigenvalue weighted by atomic mass is 16.2. The molecule has 2 amide bonds. The van der Waals surface area contributed by atoms with Gasteiger partial charge in [-0.25, -0.2) is 4.98 Å². The third kappa shape index (κ3) is 7.39. The summed E-state index contributed by atoms with van der Waals surface area (Å²) in [5.41, 5.74) is 7.25. The summed E-state index contributed by atoms with van der Waals surface area (Å²) in [5, 5.41) is 0. The van der Waals surface area contributed by atoms with Gasteiger partial charge in [-0.3, -0.25) is 44.3 Å². The molecule has 2 fully saturated rings. The molecule has 5 aromatic rings. The number of likely N-dealkylation sites (N-methyl/N-ethyl adjacent to an activating group) is 2. The van der Waals surface area contributed by atoms with E-state index in [0.29, 0.717) is 30.0 Å². The number of H-pyrrole nitrogens is 1. The lowest BCUT2D eigenvalue weighted by atomic mass is 10.00. The van der Waals surface area contributed by atoms with Crippen LogP contribution in [0.1, 0.15) is 72.9 Å². The highest BCUT2D eigenvalue weighted by Gasteiger charge is 2.39. The molecule has 1 N–H and O–H groups in total. The molecule has 3 aromatic heterocycles. The van der Waals surface area contributed by atoms with E-state index in [1.165, 1.54) is 0 Å². The quantitative estimate of drug-likeness (QED) is 0.178. The van der Waals surface area contributed by atoms with Crippen LogP contribution in [0.25, 0.3) is 28.3 Å². The number of allylic oxidation sites excluding steroid dienone is 1. The minimum Gasteiger partial charge on any atom is -0.339 e. The highest BCUT2D eigenvalue weighted by Crippen LogP contribution is 2.35. The molecule has 0 saturated carbocycles. The molecular weight excluding hydrogens is 703 g/mol. The van der Waals surface area contributed by atoms with Crippen molar-refractivity contribution in [3.63, 3.8) is 0 Å². The number of hydrogen-bond donors (Lipinski definition) is 1. The van der Waals surface area contributed by atoms with Gasteiger partial charge < -0.3 is 14.8 Å². The number of aromatic nitrogens is 6. The van der Waals surface area contributed by atoms with E-state index in [9.17, 15) is 9.59 Å². The van der Waals surface area contributed by atoms with Crippen molar-refractivity contribution in [3.8, 4) is 22.8 Å². The Morgan fingerprint density at radius 3 is 1.68 bits per heavy atom. The molecule has 0 unspecified atom stereocenters. The number of nitrogens with one attached hydrogen (secondary N) is 1. The Kier molecular flexibility index (Phi) is 10.6. The Morgan fingerprint density at radius 2 is 1.14 bits per heavy atom. The van der Waals surface area contributed by atoms with E-state index in [4.69, 9.17) is 15.0 Å². The first-order chi connectivity index (χ1) is 27.3. The molecule has 2 saturated heterocycles. The van der Waals surface area contributed by atoms with E-state index in [2.05, 4.69) is 19.9 Å². The Labute approximate surface area is 327 Å². The predicted octanol–water partition coefficient (Wildman–Crippen LogP) is 5.77. The van der Waals surface area contributed by atoms with Crippen LogP contribution in [-0.2, 0) is 9.59 Å². The van der Waals surface area contributed by atoms with Crippen molar-refractivity contribution in [1.29, 1.82) is 0 Å². The van der Waals surface area contributed by atoms with Gasteiger partial charge in [0.25, 0.3) is 0 Å². The Morgan fingerprint density at radius 1 is 0.643 bits per heavy atom. The number of rotatable bonds is 11. The first kappa shape index (κ1) is 37.0. The number of carbonyl (C=O) groups is 2. The maximum atomic E-state index is 13.9. The lowest BCUT2D eigenvalue weighted by Crippen LogP contribution is -2.45. The Balaban J connectivity index is 0.901. The molecule has 3 aliphatic heterocycles. The van der Waals surface area contributed by atoms with Gasteiger partial charge in [0.15, 0.2) is 0 Å². The summed E-state index contributed by atoms with van der Waals surface area (Å²) >= 11 is 0. The van der Waals surface area contributed by atoms with Gasteiger partial charge in [-0.2, -0.15) is 0 Å². The van der Waals surface area contributed by atoms with Crippen molar-refractivity contribution in [2.45, 2.75) is 56.3 Å². The van der Waals surface area contributed by atoms with Gasteiger partial charge in [0.2, 0.25) is 11.8 Å². The van der Waals surface area contributed by atoms with Gasteiger partial charge in [-0.05, 0) is 65.0 Å². The molecule has 2 aromatic carbocycles. The van der Waals surface area contributed by atoms with Gasteiger partial charge in [0.05, 0.1) is 54.5 Å². The molecule has 0 bridgehead atoms. The molecular formula is C43H47N11O2. The number of hydrogen-bond acceptors (Lipinski definition) is 10. The van der Waals surface area contributed by atoms with Gasteiger partial charge in [0, 0.05) is 37.0 Å². The summed E-state index contributed by atoms with van der Waals surface area (Å²) in [7, 11) is 7.78. The van der Waals surface area contributed by atoms with Crippen molar-refractivity contribution in [2.75, 3.05) is 41.3 Å². The van der Waals surface area contributed by atoms with E-state index >= 15 is 0 Å². The van der Waals surface area contributed by atoms with Gasteiger partial charge in [0.1, 0.15) is 35.0 Å². The number of aromatic amines is 1. The summed E-state index contributed by atoms with van der Waals surface area (Å²) in [4.78, 5) is 67.3.